The Hall–Kier alpha value is -2.80. The van der Waals surface area contributed by atoms with Crippen molar-refractivity contribution in [3.8, 4) is 0 Å². The third kappa shape index (κ3) is 33.3. The zero-order valence-electron chi connectivity index (χ0n) is 41.2. The summed E-state index contributed by atoms with van der Waals surface area (Å²) < 4.78 is 28.2. The van der Waals surface area contributed by atoms with Crippen LogP contribution in [0.3, 0.4) is 0 Å². The number of carbonyl (C=O) groups excluding carboxylic acids is 3. The van der Waals surface area contributed by atoms with Gasteiger partial charge in [0.1, 0.15) is 18.8 Å². The van der Waals surface area contributed by atoms with E-state index in [0.717, 1.165) is 83.5 Å². The van der Waals surface area contributed by atoms with Gasteiger partial charge in [0.05, 0.1) is 6.61 Å². The molecule has 12 nitrogen and oxygen atoms in total. The van der Waals surface area contributed by atoms with Crippen LogP contribution in [0.25, 0.3) is 0 Å². The van der Waals surface area contributed by atoms with Crippen molar-refractivity contribution >= 4 is 23.9 Å². The minimum absolute atomic E-state index is 0.0643. The molecule has 0 amide bonds. The normalized spacial score (nSPS) is 19.2. The Morgan fingerprint density at radius 2 is 0.923 bits per heavy atom. The summed E-state index contributed by atoms with van der Waals surface area (Å²) in [4.78, 5) is 50.7. The molecule has 0 saturated carbocycles. The molecule has 6 unspecified atom stereocenters. The second-order valence-corrected chi connectivity index (χ2v) is 18.2. The highest BCUT2D eigenvalue weighted by Crippen LogP contribution is 2.26. The van der Waals surface area contributed by atoms with Crippen LogP contribution in [0, 0.1) is 0 Å². The Morgan fingerprint density at radius 1 is 0.508 bits per heavy atom. The minimum Gasteiger partial charge on any atom is -0.479 e. The first-order chi connectivity index (χ1) is 31.6. The molecule has 1 aliphatic heterocycles. The molecule has 0 aromatic heterocycles. The Labute approximate surface area is 394 Å². The number of carbonyl (C=O) groups is 4. The number of ether oxygens (including phenoxy) is 5. The van der Waals surface area contributed by atoms with Crippen molar-refractivity contribution in [2.24, 2.45) is 0 Å². The van der Waals surface area contributed by atoms with E-state index in [2.05, 4.69) is 45.1 Å². The van der Waals surface area contributed by atoms with Gasteiger partial charge in [0.15, 0.2) is 24.6 Å². The van der Waals surface area contributed by atoms with Crippen molar-refractivity contribution in [3.63, 3.8) is 0 Å². The maximum atomic E-state index is 13.0. The first-order valence-electron chi connectivity index (χ1n) is 26.3. The number of hydrogen-bond donors (Lipinski definition) is 3. The van der Waals surface area contributed by atoms with Crippen LogP contribution in [0.1, 0.15) is 239 Å². The molecule has 0 aromatic carbocycles. The molecular formula is C53H94O12. The molecule has 1 rings (SSSR count). The summed E-state index contributed by atoms with van der Waals surface area (Å²) in [6.45, 7) is 5.89. The van der Waals surface area contributed by atoms with Crippen LogP contribution in [-0.4, -0.2) is 89.2 Å². The average Bonchev–Trinajstić information content (AvgIpc) is 3.29. The molecule has 0 radical (unpaired) electrons. The summed E-state index contributed by atoms with van der Waals surface area (Å²) in [6.07, 6.45) is 33.3. The fraction of sp³-hybridized carbons (Fsp3) is 0.849. The van der Waals surface area contributed by atoms with E-state index >= 15 is 0 Å². The highest BCUT2D eigenvalue weighted by molar-refractivity contribution is 5.74. The molecule has 65 heavy (non-hydrogen) atoms. The number of unbranched alkanes of at least 4 members (excludes halogenated alkanes) is 26. The van der Waals surface area contributed by atoms with Crippen LogP contribution < -0.4 is 0 Å². The number of rotatable bonds is 44. The van der Waals surface area contributed by atoms with E-state index in [9.17, 15) is 34.5 Å². The predicted octanol–water partition coefficient (Wildman–Crippen LogP) is 12.3. The van der Waals surface area contributed by atoms with Gasteiger partial charge in [-0.05, 0) is 51.4 Å². The number of aliphatic hydroxyl groups is 2. The molecule has 378 valence electrons. The van der Waals surface area contributed by atoms with Gasteiger partial charge < -0.3 is 39.0 Å². The molecular weight excluding hydrogens is 829 g/mol. The van der Waals surface area contributed by atoms with E-state index < -0.39 is 67.3 Å². The summed E-state index contributed by atoms with van der Waals surface area (Å²) in [5.41, 5.74) is 0. The van der Waals surface area contributed by atoms with Gasteiger partial charge in [0.2, 0.25) is 0 Å². The number of esters is 3. The van der Waals surface area contributed by atoms with Crippen molar-refractivity contribution in [2.75, 3.05) is 13.2 Å². The van der Waals surface area contributed by atoms with Crippen molar-refractivity contribution < 1.29 is 58.2 Å². The third-order valence-electron chi connectivity index (χ3n) is 12.0. The summed E-state index contributed by atoms with van der Waals surface area (Å²) in [6, 6.07) is 0. The van der Waals surface area contributed by atoms with Crippen molar-refractivity contribution in [1.29, 1.82) is 0 Å². The molecule has 0 bridgehead atoms. The summed E-state index contributed by atoms with van der Waals surface area (Å²) >= 11 is 0. The van der Waals surface area contributed by atoms with E-state index in [4.69, 9.17) is 23.7 Å². The van der Waals surface area contributed by atoms with Gasteiger partial charge in [0.25, 0.3) is 0 Å². The second-order valence-electron chi connectivity index (χ2n) is 18.2. The Morgan fingerprint density at radius 3 is 1.42 bits per heavy atom. The predicted molar refractivity (Wildman–Crippen MR) is 257 cm³/mol. The summed E-state index contributed by atoms with van der Waals surface area (Å²) in [7, 11) is 0. The van der Waals surface area contributed by atoms with Gasteiger partial charge >= 0.3 is 23.9 Å². The number of allylic oxidation sites excluding steroid dienone is 4. The molecule has 3 N–H and O–H groups in total. The molecule has 0 aromatic rings. The molecule has 0 spiro atoms. The van der Waals surface area contributed by atoms with Gasteiger partial charge in [-0.1, -0.05) is 193 Å². The van der Waals surface area contributed by atoms with Gasteiger partial charge in [-0.2, -0.15) is 0 Å². The Kier molecular flexibility index (Phi) is 39.4. The SMILES string of the molecule is CCCCC/C=C\C/C=C\CCCCCCCCCC(=O)OCC(COC1OC(C(=O)O)C(O)C(O)C1OC(=O)CCCCCCCCCCC)OC(=O)CCCCCCCCCCC. The third-order valence-corrected chi connectivity index (χ3v) is 12.0. The van der Waals surface area contributed by atoms with E-state index in [1.54, 1.807) is 0 Å². The lowest BCUT2D eigenvalue weighted by atomic mass is 9.98. The topological polar surface area (TPSA) is 175 Å². The number of hydrogen-bond acceptors (Lipinski definition) is 11. The van der Waals surface area contributed by atoms with Crippen LogP contribution >= 0.6 is 0 Å². The number of carboxylic acids is 1. The average molecular weight is 923 g/mol. The van der Waals surface area contributed by atoms with E-state index in [-0.39, 0.29) is 25.9 Å². The van der Waals surface area contributed by atoms with Gasteiger partial charge in [0, 0.05) is 19.3 Å². The van der Waals surface area contributed by atoms with Gasteiger partial charge in [-0.15, -0.1) is 0 Å². The van der Waals surface area contributed by atoms with Crippen molar-refractivity contribution in [2.45, 2.75) is 276 Å². The van der Waals surface area contributed by atoms with Crippen LogP contribution in [0.4, 0.5) is 0 Å². The van der Waals surface area contributed by atoms with Crippen molar-refractivity contribution in [1.82, 2.24) is 0 Å². The second kappa shape index (κ2) is 42.5. The van der Waals surface area contributed by atoms with Crippen LogP contribution in [0.5, 0.6) is 0 Å². The Balaban J connectivity index is 2.68. The molecule has 12 heteroatoms. The molecule has 0 aliphatic carbocycles. The molecule has 1 saturated heterocycles. The first kappa shape index (κ1) is 60.2. The monoisotopic (exact) mass is 923 g/mol. The molecule has 1 aliphatic rings. The van der Waals surface area contributed by atoms with Crippen LogP contribution in [0.2, 0.25) is 0 Å². The fourth-order valence-corrected chi connectivity index (χ4v) is 7.93. The number of aliphatic carboxylic acids is 1. The number of carboxylic acid groups (broad SMARTS) is 1. The van der Waals surface area contributed by atoms with Crippen molar-refractivity contribution in [3.05, 3.63) is 24.3 Å². The molecule has 1 fully saturated rings. The van der Waals surface area contributed by atoms with E-state index in [1.165, 1.54) is 96.3 Å². The van der Waals surface area contributed by atoms with Crippen LogP contribution in [0.15, 0.2) is 24.3 Å². The summed E-state index contributed by atoms with van der Waals surface area (Å²) in [5, 5.41) is 31.2. The quantitative estimate of drug-likeness (QED) is 0.0229. The zero-order chi connectivity index (χ0) is 47.6. The Bertz CT molecular complexity index is 1240. The van der Waals surface area contributed by atoms with E-state index in [0.29, 0.717) is 19.3 Å². The standard InChI is InChI=1S/C53H94O12/c1-4-7-10-13-16-19-20-21-22-23-24-25-26-29-30-33-36-39-45(54)61-42-44(63-46(55)40-37-34-31-27-17-14-11-8-5-2)43-62-53-51(49(58)48(57)50(65-53)52(59)60)64-47(56)41-38-35-32-28-18-15-12-9-6-3/h16,19,21-22,44,48-51,53,57-58H,4-15,17-18,20,23-43H2,1-3H3,(H,59,60)/b19-16-,22-21-. The van der Waals surface area contributed by atoms with Gasteiger partial charge in [-0.3, -0.25) is 14.4 Å². The molecule has 1 heterocycles. The number of aliphatic hydroxyl groups excluding tert-OH is 2. The maximum Gasteiger partial charge on any atom is 0.335 e. The minimum atomic E-state index is -1.89. The smallest absolute Gasteiger partial charge is 0.335 e. The highest BCUT2D eigenvalue weighted by Gasteiger charge is 2.50. The van der Waals surface area contributed by atoms with E-state index in [1.807, 2.05) is 0 Å². The highest BCUT2D eigenvalue weighted by atomic mass is 16.7. The lowest BCUT2D eigenvalue weighted by Crippen LogP contribution is -2.61. The maximum absolute atomic E-state index is 13.0. The zero-order valence-corrected chi connectivity index (χ0v) is 41.2. The first-order valence-corrected chi connectivity index (χ1v) is 26.3. The summed E-state index contributed by atoms with van der Waals surface area (Å²) in [5.74, 6) is -3.12. The van der Waals surface area contributed by atoms with Crippen LogP contribution in [-0.2, 0) is 42.9 Å². The molecule has 6 atom stereocenters. The fourth-order valence-electron chi connectivity index (χ4n) is 7.93. The lowest BCUT2D eigenvalue weighted by Gasteiger charge is -2.40. The van der Waals surface area contributed by atoms with Gasteiger partial charge in [-0.25, -0.2) is 4.79 Å². The lowest BCUT2D eigenvalue weighted by molar-refractivity contribution is -0.301. The largest absolute Gasteiger partial charge is 0.479 e.